The number of aromatic amines is 1. The zero-order valence-corrected chi connectivity index (χ0v) is 23.5. The second-order valence-corrected chi connectivity index (χ2v) is 10.2. The summed E-state index contributed by atoms with van der Waals surface area (Å²) in [5.41, 5.74) is 4.25. The van der Waals surface area contributed by atoms with Crippen LogP contribution in [0, 0.1) is 17.0 Å². The lowest BCUT2D eigenvalue weighted by molar-refractivity contribution is -0.385. The molecule has 2 atom stereocenters. The highest BCUT2D eigenvalue weighted by Gasteiger charge is 2.26. The van der Waals surface area contributed by atoms with E-state index in [0.717, 1.165) is 22.1 Å². The lowest BCUT2D eigenvalue weighted by Crippen LogP contribution is -2.35. The van der Waals surface area contributed by atoms with Gasteiger partial charge >= 0.3 is 0 Å². The second-order valence-electron chi connectivity index (χ2n) is 10.2. The molecule has 3 N–H and O–H groups in total. The molecule has 1 heterocycles. The quantitative estimate of drug-likeness (QED) is 0.178. The van der Waals surface area contributed by atoms with Crippen molar-refractivity contribution in [2.45, 2.75) is 39.0 Å². The van der Waals surface area contributed by atoms with Crippen LogP contribution >= 0.6 is 0 Å². The summed E-state index contributed by atoms with van der Waals surface area (Å²) in [6, 6.07) is 16.5. The van der Waals surface area contributed by atoms with Crippen molar-refractivity contribution in [3.05, 3.63) is 115 Å². The number of ether oxygens (including phenoxy) is 1. The van der Waals surface area contributed by atoms with Gasteiger partial charge < -0.3 is 25.0 Å². The first kappa shape index (κ1) is 29.4. The fourth-order valence-corrected chi connectivity index (χ4v) is 4.98. The summed E-state index contributed by atoms with van der Waals surface area (Å²) in [7, 11) is 3.19. The van der Waals surface area contributed by atoms with E-state index < -0.39 is 11.0 Å². The Morgan fingerprint density at radius 3 is 2.59 bits per heavy atom. The summed E-state index contributed by atoms with van der Waals surface area (Å²) in [4.78, 5) is 41.6. The van der Waals surface area contributed by atoms with Crippen LogP contribution in [-0.4, -0.2) is 46.6 Å². The van der Waals surface area contributed by atoms with Crippen LogP contribution in [-0.2, 0) is 22.7 Å². The van der Waals surface area contributed by atoms with E-state index in [0.29, 0.717) is 22.2 Å². The molecule has 1 aromatic heterocycles. The number of non-ortho nitro benzene ring substituents is 1. The summed E-state index contributed by atoms with van der Waals surface area (Å²) < 4.78 is 5.27. The third-order valence-electron chi connectivity index (χ3n) is 7.25. The number of aliphatic hydroxyl groups is 1. The van der Waals surface area contributed by atoms with Crippen LogP contribution in [0.1, 0.15) is 46.7 Å². The standard InChI is InChI=1S/C31H34N4O6/c1-19-13-22(7-10-27(19)20(2)17-36)29(33-25-8-5-21-11-12-32-30(37)28(21)15-25)31(38)34(3)16-24-14-26(35(39)40)9-6-23(24)18-41-4/h5-15,20,29,33,36H,16-18H2,1-4H3,(H,32,37). The van der Waals surface area contributed by atoms with Gasteiger partial charge in [0.2, 0.25) is 5.91 Å². The Labute approximate surface area is 237 Å². The summed E-state index contributed by atoms with van der Waals surface area (Å²) in [5.74, 6) is -0.335. The molecule has 41 heavy (non-hydrogen) atoms. The number of aliphatic hydroxyl groups excluding tert-OH is 1. The minimum atomic E-state index is -0.831. The summed E-state index contributed by atoms with van der Waals surface area (Å²) in [6.07, 6.45) is 1.59. The first-order valence-corrected chi connectivity index (χ1v) is 13.2. The van der Waals surface area contributed by atoms with Crippen LogP contribution in [0.2, 0.25) is 0 Å². The summed E-state index contributed by atoms with van der Waals surface area (Å²) >= 11 is 0. The molecule has 0 aliphatic heterocycles. The van der Waals surface area contributed by atoms with Gasteiger partial charge in [0.15, 0.2) is 0 Å². The monoisotopic (exact) mass is 558 g/mol. The first-order valence-electron chi connectivity index (χ1n) is 13.2. The Bertz CT molecular complexity index is 1630. The Hall–Kier alpha value is -4.54. The number of amides is 1. The smallest absolute Gasteiger partial charge is 0.269 e. The van der Waals surface area contributed by atoms with E-state index in [9.17, 15) is 24.8 Å². The third kappa shape index (κ3) is 6.62. The molecule has 0 saturated heterocycles. The molecule has 0 aliphatic rings. The van der Waals surface area contributed by atoms with Crippen LogP contribution in [0.15, 0.2) is 71.7 Å². The van der Waals surface area contributed by atoms with E-state index in [1.165, 1.54) is 24.1 Å². The van der Waals surface area contributed by atoms with Crippen LogP contribution in [0.5, 0.6) is 0 Å². The number of nitrogens with zero attached hydrogens (tertiary/aromatic N) is 2. The van der Waals surface area contributed by atoms with E-state index in [4.69, 9.17) is 4.74 Å². The number of carbonyl (C=O) groups is 1. The number of H-pyrrole nitrogens is 1. The minimum Gasteiger partial charge on any atom is -0.396 e. The van der Waals surface area contributed by atoms with E-state index in [-0.39, 0.29) is 42.8 Å². The molecular weight excluding hydrogens is 524 g/mol. The van der Waals surface area contributed by atoms with Gasteiger partial charge in [0.05, 0.1) is 11.5 Å². The molecule has 214 valence electrons. The number of pyridine rings is 1. The van der Waals surface area contributed by atoms with Crippen LogP contribution in [0.25, 0.3) is 10.8 Å². The Morgan fingerprint density at radius 2 is 1.90 bits per heavy atom. The van der Waals surface area contributed by atoms with Gasteiger partial charge in [-0.1, -0.05) is 31.2 Å². The second kappa shape index (κ2) is 12.8. The van der Waals surface area contributed by atoms with Gasteiger partial charge in [0, 0.05) is 62.6 Å². The fraction of sp³-hybridized carbons (Fsp3) is 0.290. The average Bonchev–Trinajstić information content (AvgIpc) is 2.96. The largest absolute Gasteiger partial charge is 0.396 e. The van der Waals surface area contributed by atoms with Crippen molar-refractivity contribution in [1.82, 2.24) is 9.88 Å². The molecule has 0 spiro atoms. The van der Waals surface area contributed by atoms with Gasteiger partial charge in [0.25, 0.3) is 11.2 Å². The summed E-state index contributed by atoms with van der Waals surface area (Å²) in [6.45, 7) is 4.23. The maximum atomic E-state index is 14.0. The van der Waals surface area contributed by atoms with Crippen molar-refractivity contribution in [2.75, 3.05) is 26.1 Å². The molecule has 10 heteroatoms. The van der Waals surface area contributed by atoms with Crippen LogP contribution in [0.3, 0.4) is 0 Å². The number of anilines is 1. The number of aryl methyl sites for hydroxylation is 1. The lowest BCUT2D eigenvalue weighted by atomic mass is 9.93. The maximum absolute atomic E-state index is 14.0. The molecule has 4 aromatic rings. The van der Waals surface area contributed by atoms with Gasteiger partial charge in [-0.25, -0.2) is 0 Å². The molecular formula is C31H34N4O6. The number of benzene rings is 3. The van der Waals surface area contributed by atoms with Crippen molar-refractivity contribution in [3.63, 3.8) is 0 Å². The zero-order chi connectivity index (χ0) is 29.7. The molecule has 0 aliphatic carbocycles. The molecule has 0 radical (unpaired) electrons. The van der Waals surface area contributed by atoms with E-state index in [1.807, 2.05) is 44.2 Å². The van der Waals surface area contributed by atoms with E-state index >= 15 is 0 Å². The first-order chi connectivity index (χ1) is 19.6. The van der Waals surface area contributed by atoms with Crippen molar-refractivity contribution in [1.29, 1.82) is 0 Å². The number of nitro benzene ring substituents is 1. The number of likely N-dealkylation sites (N-methyl/N-ethyl adjacent to an activating group) is 1. The number of aromatic nitrogens is 1. The number of fused-ring (bicyclic) bond motifs is 1. The molecule has 10 nitrogen and oxygen atoms in total. The summed E-state index contributed by atoms with van der Waals surface area (Å²) in [5, 5.41) is 25.7. The lowest BCUT2D eigenvalue weighted by Gasteiger charge is -2.27. The zero-order valence-electron chi connectivity index (χ0n) is 23.5. The van der Waals surface area contributed by atoms with Crippen molar-refractivity contribution in [2.24, 2.45) is 0 Å². The van der Waals surface area contributed by atoms with Crippen molar-refractivity contribution >= 4 is 28.1 Å². The van der Waals surface area contributed by atoms with Gasteiger partial charge in [-0.15, -0.1) is 0 Å². The maximum Gasteiger partial charge on any atom is 0.269 e. The molecule has 0 fully saturated rings. The van der Waals surface area contributed by atoms with Crippen molar-refractivity contribution in [3.8, 4) is 0 Å². The highest BCUT2D eigenvalue weighted by molar-refractivity contribution is 5.89. The van der Waals surface area contributed by atoms with E-state index in [2.05, 4.69) is 10.3 Å². The topological polar surface area (TPSA) is 138 Å². The molecule has 4 rings (SSSR count). The SMILES string of the molecule is COCc1ccc([N+](=O)[O-])cc1CN(C)C(=O)C(Nc1ccc2cc[nH]c(=O)c2c1)c1ccc(C(C)CO)c(C)c1. The van der Waals surface area contributed by atoms with Gasteiger partial charge in [-0.05, 0) is 64.4 Å². The number of hydrogen-bond donors (Lipinski definition) is 3. The average molecular weight is 559 g/mol. The highest BCUT2D eigenvalue weighted by Crippen LogP contribution is 2.29. The number of carbonyl (C=O) groups excluding carboxylic acids is 1. The Morgan fingerprint density at radius 1 is 1.12 bits per heavy atom. The molecule has 0 saturated carbocycles. The molecule has 1 amide bonds. The minimum absolute atomic E-state index is 0.00217. The van der Waals surface area contributed by atoms with Gasteiger partial charge in [-0.2, -0.15) is 0 Å². The number of rotatable bonds is 11. The normalized spacial score (nSPS) is 12.6. The molecule has 0 bridgehead atoms. The fourth-order valence-electron chi connectivity index (χ4n) is 4.98. The number of nitrogens with one attached hydrogen (secondary N) is 2. The Kier molecular flexibility index (Phi) is 9.16. The van der Waals surface area contributed by atoms with E-state index in [1.54, 1.807) is 31.4 Å². The third-order valence-corrected chi connectivity index (χ3v) is 7.25. The predicted octanol–water partition coefficient (Wildman–Crippen LogP) is 4.80. The number of hydrogen-bond acceptors (Lipinski definition) is 7. The number of methoxy groups -OCH3 is 1. The van der Waals surface area contributed by atoms with Gasteiger partial charge in [-0.3, -0.25) is 19.7 Å². The predicted molar refractivity (Wildman–Crippen MR) is 158 cm³/mol. The van der Waals surface area contributed by atoms with Gasteiger partial charge in [0.1, 0.15) is 6.04 Å². The molecule has 2 unspecified atom stereocenters. The Balaban J connectivity index is 1.72. The van der Waals surface area contributed by atoms with Crippen molar-refractivity contribution < 1.29 is 19.6 Å². The molecule has 3 aromatic carbocycles. The number of nitro groups is 1. The van der Waals surface area contributed by atoms with Crippen LogP contribution in [0.4, 0.5) is 11.4 Å². The van der Waals surface area contributed by atoms with Crippen LogP contribution < -0.4 is 10.9 Å². The highest BCUT2D eigenvalue weighted by atomic mass is 16.6.